The van der Waals surface area contributed by atoms with Gasteiger partial charge >= 0.3 is 0 Å². The van der Waals surface area contributed by atoms with E-state index in [2.05, 4.69) is 28.7 Å². The molecule has 0 spiro atoms. The summed E-state index contributed by atoms with van der Waals surface area (Å²) in [6, 6.07) is 18.3. The van der Waals surface area contributed by atoms with E-state index in [1.807, 2.05) is 36.4 Å². The Morgan fingerprint density at radius 1 is 1.10 bits per heavy atom. The highest BCUT2D eigenvalue weighted by Gasteiger charge is 2.17. The fourth-order valence-electron chi connectivity index (χ4n) is 4.19. The molecule has 152 valence electrons. The molecule has 1 aliphatic rings. The Labute approximate surface area is 182 Å². The van der Waals surface area contributed by atoms with Crippen molar-refractivity contribution in [3.05, 3.63) is 87.8 Å². The average Bonchev–Trinajstić information content (AvgIpc) is 3.45. The number of benzene rings is 2. The van der Waals surface area contributed by atoms with Crippen molar-refractivity contribution in [2.75, 3.05) is 6.61 Å². The largest absolute Gasteiger partial charge is 0.493 e. The Balaban J connectivity index is 1.34. The molecule has 0 unspecified atom stereocenters. The molecule has 0 bridgehead atoms. The predicted molar refractivity (Wildman–Crippen MR) is 124 cm³/mol. The van der Waals surface area contributed by atoms with E-state index in [1.165, 1.54) is 5.56 Å². The molecule has 0 amide bonds. The third-order valence-electron chi connectivity index (χ3n) is 5.82. The van der Waals surface area contributed by atoms with Gasteiger partial charge in [-0.1, -0.05) is 30.3 Å². The molecule has 2 aromatic carbocycles. The summed E-state index contributed by atoms with van der Waals surface area (Å²) in [5, 5.41) is 8.33. The van der Waals surface area contributed by atoms with Crippen molar-refractivity contribution in [2.24, 2.45) is 0 Å². The number of nitrogens with zero attached hydrogens (tertiary/aromatic N) is 3. The zero-order valence-electron chi connectivity index (χ0n) is 16.7. The summed E-state index contributed by atoms with van der Waals surface area (Å²) in [7, 11) is 0. The first kappa shape index (κ1) is 18.3. The maximum atomic E-state index is 13.3. The number of para-hydroxylation sites is 1. The number of thiophene rings is 1. The van der Waals surface area contributed by atoms with Gasteiger partial charge in [-0.15, -0.1) is 11.3 Å². The second-order valence-corrected chi connectivity index (χ2v) is 8.64. The van der Waals surface area contributed by atoms with Crippen LogP contribution in [0.3, 0.4) is 0 Å². The van der Waals surface area contributed by atoms with E-state index < -0.39 is 0 Å². The smallest absolute Gasteiger partial charge is 0.276 e. The second kappa shape index (κ2) is 7.32. The number of aryl methyl sites for hydroxylation is 2. The van der Waals surface area contributed by atoms with Crippen molar-refractivity contribution >= 4 is 32.3 Å². The Bertz CT molecular complexity index is 1500. The number of ether oxygens (including phenoxy) is 1. The van der Waals surface area contributed by atoms with Crippen LogP contribution in [0.5, 0.6) is 5.75 Å². The van der Waals surface area contributed by atoms with Crippen molar-refractivity contribution in [1.29, 1.82) is 0 Å². The number of aromatic nitrogens is 3. The SMILES string of the molecule is O=c1c2c(-c3ccc4c(c3)CCO4)csc2cnn1CCc1ccc2ccccc2n1. The Morgan fingerprint density at radius 3 is 3.00 bits per heavy atom. The van der Waals surface area contributed by atoms with Crippen molar-refractivity contribution < 1.29 is 4.74 Å². The fourth-order valence-corrected chi connectivity index (χ4v) is 5.11. The highest BCUT2D eigenvalue weighted by atomic mass is 32.1. The summed E-state index contributed by atoms with van der Waals surface area (Å²) in [4.78, 5) is 18.0. The van der Waals surface area contributed by atoms with Crippen LogP contribution in [0.15, 0.2) is 71.0 Å². The van der Waals surface area contributed by atoms with Crippen molar-refractivity contribution in [3.8, 4) is 16.9 Å². The molecule has 6 heteroatoms. The third-order valence-corrected chi connectivity index (χ3v) is 6.74. The van der Waals surface area contributed by atoms with Gasteiger partial charge in [0.15, 0.2) is 0 Å². The van der Waals surface area contributed by atoms with Gasteiger partial charge in [0.25, 0.3) is 5.56 Å². The lowest BCUT2D eigenvalue weighted by Crippen LogP contribution is -2.23. The van der Waals surface area contributed by atoms with Crippen LogP contribution in [0.2, 0.25) is 0 Å². The number of hydrogen-bond donors (Lipinski definition) is 0. The number of pyridine rings is 1. The minimum Gasteiger partial charge on any atom is -0.493 e. The van der Waals surface area contributed by atoms with Gasteiger partial charge in [0, 0.05) is 34.9 Å². The van der Waals surface area contributed by atoms with E-state index in [-0.39, 0.29) is 5.56 Å². The van der Waals surface area contributed by atoms with E-state index in [4.69, 9.17) is 9.72 Å². The van der Waals surface area contributed by atoms with E-state index in [0.717, 1.165) is 56.6 Å². The lowest BCUT2D eigenvalue weighted by Gasteiger charge is -2.07. The highest BCUT2D eigenvalue weighted by Crippen LogP contribution is 2.35. The van der Waals surface area contributed by atoms with E-state index >= 15 is 0 Å². The molecule has 0 fully saturated rings. The summed E-state index contributed by atoms with van der Waals surface area (Å²) in [6.45, 7) is 1.22. The first-order valence-electron chi connectivity index (χ1n) is 10.3. The van der Waals surface area contributed by atoms with Gasteiger partial charge in [0.05, 0.1) is 35.0 Å². The predicted octanol–water partition coefficient (Wildman–Crippen LogP) is 4.85. The molecule has 0 saturated carbocycles. The van der Waals surface area contributed by atoms with Crippen LogP contribution in [0.1, 0.15) is 11.3 Å². The molecule has 3 aromatic heterocycles. The summed E-state index contributed by atoms with van der Waals surface area (Å²) in [5.74, 6) is 0.949. The lowest BCUT2D eigenvalue weighted by atomic mass is 10.0. The summed E-state index contributed by atoms with van der Waals surface area (Å²) >= 11 is 1.56. The summed E-state index contributed by atoms with van der Waals surface area (Å²) in [6.07, 6.45) is 3.36. The second-order valence-electron chi connectivity index (χ2n) is 7.73. The third kappa shape index (κ3) is 3.20. The van der Waals surface area contributed by atoms with Crippen molar-refractivity contribution in [2.45, 2.75) is 19.4 Å². The normalized spacial score (nSPS) is 12.9. The lowest BCUT2D eigenvalue weighted by molar-refractivity contribution is 0.357. The number of fused-ring (bicyclic) bond motifs is 3. The number of hydrogen-bond acceptors (Lipinski definition) is 5. The van der Waals surface area contributed by atoms with Crippen LogP contribution >= 0.6 is 11.3 Å². The molecule has 31 heavy (non-hydrogen) atoms. The molecule has 5 nitrogen and oxygen atoms in total. The van der Waals surface area contributed by atoms with E-state index in [1.54, 1.807) is 22.2 Å². The van der Waals surface area contributed by atoms with Crippen molar-refractivity contribution in [3.63, 3.8) is 0 Å². The van der Waals surface area contributed by atoms with Gasteiger partial charge < -0.3 is 4.74 Å². The maximum absolute atomic E-state index is 13.3. The minimum absolute atomic E-state index is 0.0497. The molecule has 0 atom stereocenters. The first-order chi connectivity index (χ1) is 15.3. The molecule has 6 rings (SSSR count). The standard InChI is InChI=1S/C25H19N3O2S/c29-25-24-20(17-6-8-22-18(13-17)10-12-30-22)15-31-23(24)14-26-28(25)11-9-19-7-5-16-3-1-2-4-21(16)27-19/h1-8,13-15H,9-12H2. The molecule has 0 saturated heterocycles. The maximum Gasteiger partial charge on any atom is 0.276 e. The zero-order valence-corrected chi connectivity index (χ0v) is 17.6. The van der Waals surface area contributed by atoms with Crippen LogP contribution < -0.4 is 10.3 Å². The first-order valence-corrected chi connectivity index (χ1v) is 11.2. The van der Waals surface area contributed by atoms with E-state index in [0.29, 0.717) is 13.0 Å². The summed E-state index contributed by atoms with van der Waals surface area (Å²) < 4.78 is 8.10. The van der Waals surface area contributed by atoms with Crippen LogP contribution in [0.25, 0.3) is 32.1 Å². The van der Waals surface area contributed by atoms with Gasteiger partial charge in [0.2, 0.25) is 0 Å². The average molecular weight is 426 g/mol. The summed E-state index contributed by atoms with van der Waals surface area (Å²) in [5.41, 5.74) is 5.11. The van der Waals surface area contributed by atoms with Crippen LogP contribution in [-0.2, 0) is 19.4 Å². The molecule has 0 aliphatic carbocycles. The Morgan fingerprint density at radius 2 is 2.03 bits per heavy atom. The topological polar surface area (TPSA) is 57.0 Å². The van der Waals surface area contributed by atoms with E-state index in [9.17, 15) is 4.79 Å². The number of rotatable bonds is 4. The molecule has 0 N–H and O–H groups in total. The quantitative estimate of drug-likeness (QED) is 0.413. The molecule has 5 aromatic rings. The van der Waals surface area contributed by atoms with Gasteiger partial charge in [-0.25, -0.2) is 4.68 Å². The molecule has 0 radical (unpaired) electrons. The van der Waals surface area contributed by atoms with Gasteiger partial charge in [-0.05, 0) is 35.4 Å². The molecular formula is C25H19N3O2S. The fraction of sp³-hybridized carbons (Fsp3) is 0.160. The van der Waals surface area contributed by atoms with Gasteiger partial charge in [0.1, 0.15) is 5.75 Å². The molecule has 1 aliphatic heterocycles. The van der Waals surface area contributed by atoms with Gasteiger partial charge in [-0.2, -0.15) is 5.10 Å². The van der Waals surface area contributed by atoms with Crippen LogP contribution in [0, 0.1) is 0 Å². The molecular weight excluding hydrogens is 406 g/mol. The van der Waals surface area contributed by atoms with Crippen LogP contribution in [0.4, 0.5) is 0 Å². The Kier molecular flexibility index (Phi) is 4.32. The highest BCUT2D eigenvalue weighted by molar-refractivity contribution is 7.17. The monoisotopic (exact) mass is 425 g/mol. The van der Waals surface area contributed by atoms with Gasteiger partial charge in [-0.3, -0.25) is 9.78 Å². The molecule has 4 heterocycles. The van der Waals surface area contributed by atoms with Crippen LogP contribution in [-0.4, -0.2) is 21.4 Å². The Hall–Kier alpha value is -3.51. The zero-order chi connectivity index (χ0) is 20.8. The minimum atomic E-state index is -0.0497. The van der Waals surface area contributed by atoms with Crippen molar-refractivity contribution in [1.82, 2.24) is 14.8 Å².